The van der Waals surface area contributed by atoms with Crippen LogP contribution in [-0.2, 0) is 0 Å². The van der Waals surface area contributed by atoms with Crippen LogP contribution in [0.4, 0.5) is 0 Å². The fourth-order valence-corrected chi connectivity index (χ4v) is 6.11. The minimum Gasteiger partial charge on any atom is -0.309 e. The van der Waals surface area contributed by atoms with Gasteiger partial charge in [-0.15, -0.1) is 0 Å². The summed E-state index contributed by atoms with van der Waals surface area (Å²) in [6.07, 6.45) is 5.48. The number of benzene rings is 6. The van der Waals surface area contributed by atoms with Crippen LogP contribution in [0.25, 0.3) is 49.5 Å². The quantitative estimate of drug-likeness (QED) is 0.135. The molecular weight excluding hydrogens is 532 g/mol. The second-order valence-electron chi connectivity index (χ2n) is 11.1. The average Bonchev–Trinajstić information content (AvgIpc) is 3.42. The lowest BCUT2D eigenvalue weighted by atomic mass is 9.98. The number of fused-ring (bicyclic) bond motifs is 4. The van der Waals surface area contributed by atoms with E-state index < -0.39 is 0 Å². The van der Waals surface area contributed by atoms with Gasteiger partial charge in [0.15, 0.2) is 0 Å². The Morgan fingerprint density at radius 3 is 1.95 bits per heavy atom. The van der Waals surface area contributed by atoms with Gasteiger partial charge in [-0.1, -0.05) is 128 Å². The zero-order valence-corrected chi connectivity index (χ0v) is 25.1. The molecule has 7 rings (SSSR count). The highest BCUT2D eigenvalue weighted by atomic mass is 15.0. The standard InChI is InChI=1S/C42H34N2/c1-3-14-33(35-26-25-32-17-7-8-18-34(32)27-35)29-40(43-30(2)31-15-5-4-6-16-31)36-19-13-20-37(28-36)44-41-23-11-9-21-38(41)39-22-10-12-24-42(39)44/h4-29H,3H2,1-2H3/b33-14-,40-29-,43-30?. The maximum Gasteiger partial charge on any atom is 0.0712 e. The van der Waals surface area contributed by atoms with Crippen molar-refractivity contribution in [3.8, 4) is 5.69 Å². The maximum absolute atomic E-state index is 5.30. The molecule has 1 heterocycles. The summed E-state index contributed by atoms with van der Waals surface area (Å²) < 4.78 is 2.37. The number of para-hydroxylation sites is 2. The molecule has 0 saturated heterocycles. The molecule has 0 radical (unpaired) electrons. The Kier molecular flexibility index (Phi) is 7.48. The zero-order valence-electron chi connectivity index (χ0n) is 25.1. The lowest BCUT2D eigenvalue weighted by Gasteiger charge is -2.13. The highest BCUT2D eigenvalue weighted by molar-refractivity contribution is 6.09. The van der Waals surface area contributed by atoms with E-state index in [1.165, 1.54) is 43.7 Å². The normalized spacial score (nSPS) is 12.8. The van der Waals surface area contributed by atoms with Gasteiger partial charge in [0.2, 0.25) is 0 Å². The Morgan fingerprint density at radius 2 is 1.23 bits per heavy atom. The monoisotopic (exact) mass is 566 g/mol. The van der Waals surface area contributed by atoms with Gasteiger partial charge in [-0.3, -0.25) is 4.99 Å². The molecule has 0 saturated carbocycles. The van der Waals surface area contributed by atoms with Crippen molar-refractivity contribution in [2.24, 2.45) is 4.99 Å². The van der Waals surface area contributed by atoms with Gasteiger partial charge in [-0.2, -0.15) is 0 Å². The first-order valence-electron chi connectivity index (χ1n) is 15.3. The first kappa shape index (κ1) is 27.4. The van der Waals surface area contributed by atoms with Gasteiger partial charge in [-0.25, -0.2) is 0 Å². The van der Waals surface area contributed by atoms with E-state index in [1.807, 2.05) is 6.07 Å². The zero-order chi connectivity index (χ0) is 29.9. The molecule has 0 fully saturated rings. The predicted octanol–water partition coefficient (Wildman–Crippen LogP) is 11.3. The molecule has 2 heteroatoms. The van der Waals surface area contributed by atoms with Crippen LogP contribution in [0, 0.1) is 0 Å². The molecule has 0 N–H and O–H groups in total. The fraction of sp³-hybridized carbons (Fsp3) is 0.0714. The van der Waals surface area contributed by atoms with Crippen molar-refractivity contribution in [2.45, 2.75) is 20.3 Å². The van der Waals surface area contributed by atoms with E-state index in [-0.39, 0.29) is 0 Å². The van der Waals surface area contributed by atoms with E-state index in [2.05, 4.69) is 170 Å². The van der Waals surface area contributed by atoms with Gasteiger partial charge in [0, 0.05) is 27.7 Å². The highest BCUT2D eigenvalue weighted by Gasteiger charge is 2.13. The molecule has 7 aromatic rings. The van der Waals surface area contributed by atoms with Crippen molar-refractivity contribution >= 4 is 49.6 Å². The number of hydrogen-bond acceptors (Lipinski definition) is 1. The van der Waals surface area contributed by atoms with Crippen molar-refractivity contribution in [3.05, 3.63) is 174 Å². The number of aliphatic imine (C=N–C) groups is 1. The minimum atomic E-state index is 0.925. The van der Waals surface area contributed by atoms with Gasteiger partial charge in [0.1, 0.15) is 0 Å². The number of hydrogen-bond donors (Lipinski definition) is 0. The molecule has 0 aliphatic heterocycles. The largest absolute Gasteiger partial charge is 0.309 e. The van der Waals surface area contributed by atoms with E-state index in [4.69, 9.17) is 4.99 Å². The summed E-state index contributed by atoms with van der Waals surface area (Å²) in [6, 6.07) is 51.8. The third kappa shape index (κ3) is 5.27. The molecule has 0 unspecified atom stereocenters. The smallest absolute Gasteiger partial charge is 0.0712 e. The summed E-state index contributed by atoms with van der Waals surface area (Å²) in [6.45, 7) is 4.29. The molecule has 1 aromatic heterocycles. The van der Waals surface area contributed by atoms with Crippen molar-refractivity contribution < 1.29 is 0 Å². The van der Waals surface area contributed by atoms with Crippen molar-refractivity contribution in [1.82, 2.24) is 4.57 Å². The van der Waals surface area contributed by atoms with E-state index in [9.17, 15) is 0 Å². The Morgan fingerprint density at radius 1 is 0.591 bits per heavy atom. The summed E-state index contributed by atoms with van der Waals surface area (Å²) >= 11 is 0. The Hall–Kier alpha value is -5.47. The maximum atomic E-state index is 5.30. The molecule has 212 valence electrons. The number of nitrogens with zero attached hydrogens (tertiary/aromatic N) is 2. The minimum absolute atomic E-state index is 0.925. The molecule has 0 atom stereocenters. The average molecular weight is 567 g/mol. The van der Waals surface area contributed by atoms with Crippen molar-refractivity contribution in [1.29, 1.82) is 0 Å². The summed E-state index contributed by atoms with van der Waals surface area (Å²) in [4.78, 5) is 5.30. The number of rotatable bonds is 7. The first-order chi connectivity index (χ1) is 21.7. The predicted molar refractivity (Wildman–Crippen MR) is 190 cm³/mol. The lowest BCUT2D eigenvalue weighted by molar-refractivity contribution is 1.18. The molecule has 0 bridgehead atoms. The molecule has 6 aromatic carbocycles. The van der Waals surface area contributed by atoms with E-state index in [1.54, 1.807) is 0 Å². The number of aromatic nitrogens is 1. The van der Waals surface area contributed by atoms with Gasteiger partial charge in [0.05, 0.1) is 16.7 Å². The lowest BCUT2D eigenvalue weighted by Crippen LogP contribution is -1.98. The molecule has 0 spiro atoms. The molecule has 0 aliphatic rings. The Balaban J connectivity index is 1.42. The van der Waals surface area contributed by atoms with Crippen LogP contribution in [0.2, 0.25) is 0 Å². The van der Waals surface area contributed by atoms with Crippen molar-refractivity contribution in [3.63, 3.8) is 0 Å². The molecule has 2 nitrogen and oxygen atoms in total. The summed E-state index contributed by atoms with van der Waals surface area (Å²) in [5.74, 6) is 0. The molecule has 0 amide bonds. The van der Waals surface area contributed by atoms with Crippen LogP contribution in [-0.4, -0.2) is 10.3 Å². The summed E-state index contributed by atoms with van der Waals surface area (Å²) in [5, 5.41) is 4.99. The van der Waals surface area contributed by atoms with Crippen LogP contribution in [0.3, 0.4) is 0 Å². The summed E-state index contributed by atoms with van der Waals surface area (Å²) in [7, 11) is 0. The van der Waals surface area contributed by atoms with Crippen LogP contribution < -0.4 is 0 Å². The third-order valence-corrected chi connectivity index (χ3v) is 8.26. The van der Waals surface area contributed by atoms with Crippen LogP contribution in [0.1, 0.15) is 37.0 Å². The molecule has 44 heavy (non-hydrogen) atoms. The number of allylic oxidation sites excluding steroid dienone is 3. The highest BCUT2D eigenvalue weighted by Crippen LogP contribution is 2.34. The Bertz CT molecular complexity index is 2160. The van der Waals surface area contributed by atoms with Crippen molar-refractivity contribution in [2.75, 3.05) is 0 Å². The van der Waals surface area contributed by atoms with E-state index in [0.717, 1.165) is 34.6 Å². The Labute approximate surface area is 259 Å². The first-order valence-corrected chi connectivity index (χ1v) is 15.3. The van der Waals surface area contributed by atoms with Crippen LogP contribution >= 0.6 is 0 Å². The van der Waals surface area contributed by atoms with Crippen LogP contribution in [0.5, 0.6) is 0 Å². The van der Waals surface area contributed by atoms with E-state index in [0.29, 0.717) is 0 Å². The molecular formula is C42H34N2. The van der Waals surface area contributed by atoms with Gasteiger partial charge in [-0.05, 0) is 77.2 Å². The second kappa shape index (κ2) is 12.0. The SMILES string of the molecule is CC/C=C(/C=C(\N=C(C)c1ccccc1)c1cccc(-n2c3ccccc3c3ccccc32)c1)c1ccc2ccccc2c1. The summed E-state index contributed by atoms with van der Waals surface area (Å²) in [5.41, 5.74) is 9.96. The second-order valence-corrected chi connectivity index (χ2v) is 11.1. The molecule has 0 aliphatic carbocycles. The van der Waals surface area contributed by atoms with Gasteiger partial charge >= 0.3 is 0 Å². The topological polar surface area (TPSA) is 17.3 Å². The fourth-order valence-electron chi connectivity index (χ4n) is 6.11. The van der Waals surface area contributed by atoms with Crippen LogP contribution in [0.15, 0.2) is 163 Å². The van der Waals surface area contributed by atoms with Gasteiger partial charge in [0.25, 0.3) is 0 Å². The third-order valence-electron chi connectivity index (χ3n) is 8.26. The van der Waals surface area contributed by atoms with E-state index >= 15 is 0 Å². The van der Waals surface area contributed by atoms with Gasteiger partial charge < -0.3 is 4.57 Å².